The lowest BCUT2D eigenvalue weighted by Crippen LogP contribution is -2.53. The van der Waals surface area contributed by atoms with Crippen molar-refractivity contribution < 1.29 is 18.0 Å². The molecule has 2 rings (SSSR count). The Bertz CT molecular complexity index is 1020. The Labute approximate surface area is 191 Å². The first kappa shape index (κ1) is 25.4. The number of rotatable bonds is 10. The van der Waals surface area contributed by atoms with E-state index in [4.69, 9.17) is 0 Å². The molecule has 174 valence electrons. The Morgan fingerprint density at radius 2 is 1.56 bits per heavy atom. The van der Waals surface area contributed by atoms with E-state index in [1.807, 2.05) is 50.2 Å². The topological polar surface area (TPSA) is 86.8 Å². The summed E-state index contributed by atoms with van der Waals surface area (Å²) in [4.78, 5) is 27.5. The van der Waals surface area contributed by atoms with Gasteiger partial charge in [-0.15, -0.1) is 0 Å². The number of aryl methyl sites for hydroxylation is 1. The molecular formula is C24H33N3O4S. The standard InChI is InChI=1S/C24H33N3O4S/c1-18(2)25-24(29)20(4)26(16-15-21-12-7-6-8-13-21)23(28)17-27(32(5,30)31)22-14-10-9-11-19(22)3/h6-14,18,20H,15-17H2,1-5H3,(H,25,29)/t20-/m1/s1. The quantitative estimate of drug-likeness (QED) is 0.592. The summed E-state index contributed by atoms with van der Waals surface area (Å²) in [6.07, 6.45) is 1.63. The highest BCUT2D eigenvalue weighted by atomic mass is 32.2. The molecule has 1 N–H and O–H groups in total. The molecular weight excluding hydrogens is 426 g/mol. The number of amides is 2. The predicted octanol–water partition coefficient (Wildman–Crippen LogP) is 2.75. The average molecular weight is 460 g/mol. The van der Waals surface area contributed by atoms with Crippen LogP contribution in [0.4, 0.5) is 5.69 Å². The maximum atomic E-state index is 13.4. The van der Waals surface area contributed by atoms with Crippen molar-refractivity contribution in [2.45, 2.75) is 46.2 Å². The number of hydrogen-bond acceptors (Lipinski definition) is 4. The summed E-state index contributed by atoms with van der Waals surface area (Å²) >= 11 is 0. The summed E-state index contributed by atoms with van der Waals surface area (Å²) in [6.45, 7) is 7.08. The van der Waals surface area contributed by atoms with Crippen molar-refractivity contribution in [1.82, 2.24) is 10.2 Å². The minimum absolute atomic E-state index is 0.0736. The number of nitrogens with zero attached hydrogens (tertiary/aromatic N) is 2. The zero-order chi connectivity index (χ0) is 23.9. The van der Waals surface area contributed by atoms with E-state index < -0.39 is 22.0 Å². The van der Waals surface area contributed by atoms with Crippen molar-refractivity contribution in [1.29, 1.82) is 0 Å². The number of benzene rings is 2. The number of nitrogens with one attached hydrogen (secondary N) is 1. The lowest BCUT2D eigenvalue weighted by atomic mass is 10.1. The highest BCUT2D eigenvalue weighted by Gasteiger charge is 2.30. The Morgan fingerprint density at radius 3 is 2.12 bits per heavy atom. The second kappa shape index (κ2) is 11.1. The van der Waals surface area contributed by atoms with E-state index >= 15 is 0 Å². The highest BCUT2D eigenvalue weighted by molar-refractivity contribution is 7.92. The van der Waals surface area contributed by atoms with Crippen LogP contribution < -0.4 is 9.62 Å². The normalized spacial score (nSPS) is 12.3. The van der Waals surface area contributed by atoms with Crippen LogP contribution in [-0.4, -0.2) is 56.6 Å². The van der Waals surface area contributed by atoms with Crippen molar-refractivity contribution >= 4 is 27.5 Å². The van der Waals surface area contributed by atoms with Gasteiger partial charge in [-0.25, -0.2) is 8.42 Å². The van der Waals surface area contributed by atoms with E-state index in [1.165, 1.54) is 4.90 Å². The molecule has 2 aromatic carbocycles. The molecule has 1 atom stereocenters. The first-order chi connectivity index (χ1) is 15.0. The largest absolute Gasteiger partial charge is 0.352 e. The molecule has 7 nitrogen and oxygen atoms in total. The fourth-order valence-electron chi connectivity index (χ4n) is 3.41. The van der Waals surface area contributed by atoms with Crippen molar-refractivity contribution in [3.05, 3.63) is 65.7 Å². The van der Waals surface area contributed by atoms with E-state index in [0.717, 1.165) is 21.7 Å². The average Bonchev–Trinajstić information content (AvgIpc) is 2.72. The summed E-state index contributed by atoms with van der Waals surface area (Å²) in [6, 6.07) is 15.9. The van der Waals surface area contributed by atoms with Crippen molar-refractivity contribution in [3.63, 3.8) is 0 Å². The van der Waals surface area contributed by atoms with Crippen LogP contribution >= 0.6 is 0 Å². The molecule has 0 aliphatic rings. The van der Waals surface area contributed by atoms with E-state index in [1.54, 1.807) is 32.0 Å². The van der Waals surface area contributed by atoms with Gasteiger partial charge in [-0.2, -0.15) is 0 Å². The van der Waals surface area contributed by atoms with E-state index in [9.17, 15) is 18.0 Å². The van der Waals surface area contributed by atoms with Crippen LogP contribution in [0.2, 0.25) is 0 Å². The van der Waals surface area contributed by atoms with Gasteiger partial charge in [-0.1, -0.05) is 48.5 Å². The van der Waals surface area contributed by atoms with E-state index in [2.05, 4.69) is 5.32 Å². The summed E-state index contributed by atoms with van der Waals surface area (Å²) in [7, 11) is -3.72. The number of carbonyl (C=O) groups is 2. The van der Waals surface area contributed by atoms with Gasteiger partial charge in [0, 0.05) is 12.6 Å². The number of anilines is 1. The van der Waals surface area contributed by atoms with Gasteiger partial charge in [0.1, 0.15) is 12.6 Å². The molecule has 2 amide bonds. The molecule has 32 heavy (non-hydrogen) atoms. The predicted molar refractivity (Wildman–Crippen MR) is 128 cm³/mol. The van der Waals surface area contributed by atoms with Gasteiger partial charge in [0.2, 0.25) is 21.8 Å². The maximum absolute atomic E-state index is 13.4. The van der Waals surface area contributed by atoms with Gasteiger partial charge < -0.3 is 10.2 Å². The summed E-state index contributed by atoms with van der Waals surface area (Å²) < 4.78 is 26.2. The lowest BCUT2D eigenvalue weighted by molar-refractivity contribution is -0.139. The molecule has 0 fully saturated rings. The molecule has 0 saturated heterocycles. The smallest absolute Gasteiger partial charge is 0.244 e. The Kier molecular flexibility index (Phi) is 8.83. The van der Waals surface area contributed by atoms with Crippen LogP contribution in [0.15, 0.2) is 54.6 Å². The number of hydrogen-bond donors (Lipinski definition) is 1. The first-order valence-corrected chi connectivity index (χ1v) is 12.5. The zero-order valence-corrected chi connectivity index (χ0v) is 20.2. The monoisotopic (exact) mass is 459 g/mol. The van der Waals surface area contributed by atoms with Crippen molar-refractivity contribution in [3.8, 4) is 0 Å². The van der Waals surface area contributed by atoms with Crippen LogP contribution in [0.1, 0.15) is 31.9 Å². The minimum Gasteiger partial charge on any atom is -0.352 e. The van der Waals surface area contributed by atoms with E-state index in [-0.39, 0.29) is 18.5 Å². The lowest BCUT2D eigenvalue weighted by Gasteiger charge is -2.32. The third-order valence-corrected chi connectivity index (χ3v) is 6.27. The Morgan fingerprint density at radius 1 is 0.969 bits per heavy atom. The van der Waals surface area contributed by atoms with Crippen LogP contribution in [0.25, 0.3) is 0 Å². The third-order valence-electron chi connectivity index (χ3n) is 5.15. The minimum atomic E-state index is -3.72. The third kappa shape index (κ3) is 7.09. The van der Waals surface area contributed by atoms with Gasteiger partial charge in [-0.05, 0) is 51.3 Å². The first-order valence-electron chi connectivity index (χ1n) is 10.7. The molecule has 8 heteroatoms. The van der Waals surface area contributed by atoms with Crippen LogP contribution in [-0.2, 0) is 26.0 Å². The Hall–Kier alpha value is -2.87. The molecule has 0 unspecified atom stereocenters. The second-order valence-electron chi connectivity index (χ2n) is 8.22. The fourth-order valence-corrected chi connectivity index (χ4v) is 4.32. The number of para-hydroxylation sites is 1. The summed E-state index contributed by atoms with van der Waals surface area (Å²) in [5.41, 5.74) is 2.22. The maximum Gasteiger partial charge on any atom is 0.244 e. The summed E-state index contributed by atoms with van der Waals surface area (Å²) in [5.74, 6) is -0.704. The van der Waals surface area contributed by atoms with Gasteiger partial charge in [0.05, 0.1) is 11.9 Å². The molecule has 0 bridgehead atoms. The Balaban J connectivity index is 2.32. The highest BCUT2D eigenvalue weighted by Crippen LogP contribution is 2.22. The van der Waals surface area contributed by atoms with Gasteiger partial charge in [-0.3, -0.25) is 13.9 Å². The molecule has 0 saturated carbocycles. The van der Waals surface area contributed by atoms with Crippen LogP contribution in [0, 0.1) is 6.92 Å². The molecule has 0 spiro atoms. The molecule has 0 aromatic heterocycles. The number of sulfonamides is 1. The number of carbonyl (C=O) groups excluding carboxylic acids is 2. The van der Waals surface area contributed by atoms with Gasteiger partial charge in [0.15, 0.2) is 0 Å². The molecule has 0 heterocycles. The molecule has 0 radical (unpaired) electrons. The zero-order valence-electron chi connectivity index (χ0n) is 19.4. The van der Waals surface area contributed by atoms with Crippen LogP contribution in [0.3, 0.4) is 0 Å². The van der Waals surface area contributed by atoms with Gasteiger partial charge >= 0.3 is 0 Å². The van der Waals surface area contributed by atoms with Crippen molar-refractivity contribution in [2.75, 3.05) is 23.7 Å². The van der Waals surface area contributed by atoms with Crippen molar-refractivity contribution in [2.24, 2.45) is 0 Å². The molecule has 2 aromatic rings. The molecule has 0 aliphatic heterocycles. The molecule has 0 aliphatic carbocycles. The van der Waals surface area contributed by atoms with Gasteiger partial charge in [0.25, 0.3) is 0 Å². The SMILES string of the molecule is Cc1ccccc1N(CC(=O)N(CCc1ccccc1)[C@H](C)C(=O)NC(C)C)S(C)(=O)=O. The fraction of sp³-hybridized carbons (Fsp3) is 0.417. The summed E-state index contributed by atoms with van der Waals surface area (Å²) in [5, 5.41) is 2.84. The second-order valence-corrected chi connectivity index (χ2v) is 10.1. The van der Waals surface area contributed by atoms with E-state index in [0.29, 0.717) is 18.7 Å². The van der Waals surface area contributed by atoms with Crippen LogP contribution in [0.5, 0.6) is 0 Å².